The fourth-order valence-electron chi connectivity index (χ4n) is 1.66. The zero-order valence-electron chi connectivity index (χ0n) is 8.96. The maximum absolute atomic E-state index is 12.2. The molecular weight excluding hydrogens is 235 g/mol. The lowest BCUT2D eigenvalue weighted by Crippen LogP contribution is -2.37. The van der Waals surface area contributed by atoms with Crippen molar-refractivity contribution in [2.24, 2.45) is 5.73 Å². The van der Waals surface area contributed by atoms with Gasteiger partial charge in [-0.3, -0.25) is 0 Å². The van der Waals surface area contributed by atoms with Crippen molar-refractivity contribution in [3.05, 3.63) is 23.8 Å². The molecule has 0 saturated carbocycles. The molecule has 17 heavy (non-hydrogen) atoms. The highest BCUT2D eigenvalue weighted by Gasteiger charge is 2.36. The second-order valence-electron chi connectivity index (χ2n) is 3.84. The van der Waals surface area contributed by atoms with E-state index in [1.54, 1.807) is 18.2 Å². The Morgan fingerprint density at radius 3 is 2.76 bits per heavy atom. The summed E-state index contributed by atoms with van der Waals surface area (Å²) in [6.45, 7) is 0.109. The van der Waals surface area contributed by atoms with Crippen LogP contribution in [0.5, 0.6) is 11.5 Å². The third-order valence-electron chi connectivity index (χ3n) is 2.62. The molecular formula is C11H12F3NO2. The molecule has 1 aromatic rings. The van der Waals surface area contributed by atoms with Crippen molar-refractivity contribution in [3.8, 4) is 11.5 Å². The van der Waals surface area contributed by atoms with E-state index in [1.165, 1.54) is 0 Å². The normalized spacial score (nSPS) is 16.0. The minimum Gasteiger partial charge on any atom is -0.454 e. The zero-order valence-corrected chi connectivity index (χ0v) is 8.96. The third kappa shape index (κ3) is 2.63. The van der Waals surface area contributed by atoms with Crippen LogP contribution >= 0.6 is 0 Å². The smallest absolute Gasteiger partial charge is 0.403 e. The van der Waals surface area contributed by atoms with E-state index in [1.807, 2.05) is 0 Å². The zero-order chi connectivity index (χ0) is 12.5. The molecule has 1 aliphatic heterocycles. The van der Waals surface area contributed by atoms with Crippen molar-refractivity contribution in [2.45, 2.75) is 25.1 Å². The maximum atomic E-state index is 12.2. The quantitative estimate of drug-likeness (QED) is 0.890. The van der Waals surface area contributed by atoms with Crippen LogP contribution in [0, 0.1) is 0 Å². The van der Waals surface area contributed by atoms with Crippen molar-refractivity contribution in [1.82, 2.24) is 0 Å². The van der Waals surface area contributed by atoms with Gasteiger partial charge in [0, 0.05) is 0 Å². The van der Waals surface area contributed by atoms with E-state index < -0.39 is 12.2 Å². The molecule has 0 spiro atoms. The van der Waals surface area contributed by atoms with Gasteiger partial charge in [-0.25, -0.2) is 0 Å². The monoisotopic (exact) mass is 247 g/mol. The molecule has 0 saturated heterocycles. The molecule has 0 radical (unpaired) electrons. The van der Waals surface area contributed by atoms with Gasteiger partial charge >= 0.3 is 6.18 Å². The number of para-hydroxylation sites is 1. The Balaban J connectivity index is 2.03. The van der Waals surface area contributed by atoms with Gasteiger partial charge in [-0.1, -0.05) is 12.1 Å². The highest BCUT2D eigenvalue weighted by Crippen LogP contribution is 2.36. The fraction of sp³-hybridized carbons (Fsp3) is 0.455. The number of rotatable bonds is 3. The van der Waals surface area contributed by atoms with E-state index in [0.717, 1.165) is 0 Å². The molecule has 1 atom stereocenters. The number of aryl methyl sites for hydroxylation is 1. The second kappa shape index (κ2) is 4.44. The van der Waals surface area contributed by atoms with E-state index in [0.29, 0.717) is 17.1 Å². The van der Waals surface area contributed by atoms with Crippen LogP contribution in [0.15, 0.2) is 18.2 Å². The molecule has 0 fully saturated rings. The molecule has 1 unspecified atom stereocenters. The van der Waals surface area contributed by atoms with Crippen molar-refractivity contribution < 1.29 is 22.6 Å². The molecule has 0 aromatic heterocycles. The molecule has 0 bridgehead atoms. The van der Waals surface area contributed by atoms with Gasteiger partial charge in [0.15, 0.2) is 11.5 Å². The molecule has 1 aliphatic rings. The number of hydrogen-bond acceptors (Lipinski definition) is 3. The van der Waals surface area contributed by atoms with Gasteiger partial charge < -0.3 is 15.2 Å². The van der Waals surface area contributed by atoms with Crippen LogP contribution in [0.25, 0.3) is 0 Å². The Labute approximate surface area is 96.3 Å². The summed E-state index contributed by atoms with van der Waals surface area (Å²) in [4.78, 5) is 0. The Kier molecular flexibility index (Phi) is 3.15. The van der Waals surface area contributed by atoms with E-state index in [4.69, 9.17) is 15.2 Å². The molecule has 94 valence electrons. The Morgan fingerprint density at radius 2 is 2.06 bits per heavy atom. The Bertz CT molecular complexity index is 406. The molecule has 2 rings (SSSR count). The number of nitrogens with two attached hydrogens (primary N) is 1. The molecule has 1 aromatic carbocycles. The highest BCUT2D eigenvalue weighted by atomic mass is 19.4. The molecule has 0 aliphatic carbocycles. The summed E-state index contributed by atoms with van der Waals surface area (Å²) >= 11 is 0. The van der Waals surface area contributed by atoms with Crippen molar-refractivity contribution in [2.75, 3.05) is 6.79 Å². The molecule has 0 amide bonds. The first kappa shape index (κ1) is 12.0. The van der Waals surface area contributed by atoms with Gasteiger partial charge in [0.25, 0.3) is 0 Å². The Hall–Kier alpha value is -1.43. The molecule has 1 heterocycles. The van der Waals surface area contributed by atoms with Crippen LogP contribution in [0.1, 0.15) is 12.0 Å². The number of fused-ring (bicyclic) bond motifs is 1. The predicted octanol–water partition coefficient (Wildman–Crippen LogP) is 2.24. The maximum Gasteiger partial charge on any atom is 0.403 e. The van der Waals surface area contributed by atoms with Crippen molar-refractivity contribution in [1.29, 1.82) is 0 Å². The van der Waals surface area contributed by atoms with E-state index in [2.05, 4.69) is 0 Å². The minimum atomic E-state index is -4.35. The standard InChI is InChI=1S/C11H12F3NO2/c12-11(13,14)9(15)5-4-7-2-1-3-8-10(7)17-6-16-8/h1-3,9H,4-6,15H2. The SMILES string of the molecule is NC(CCc1cccc2c1OCO2)C(F)(F)F. The fourth-order valence-corrected chi connectivity index (χ4v) is 1.66. The average Bonchev–Trinajstić information content (AvgIpc) is 2.72. The summed E-state index contributed by atoms with van der Waals surface area (Å²) in [6, 6.07) is 3.36. The molecule has 3 nitrogen and oxygen atoms in total. The summed E-state index contributed by atoms with van der Waals surface area (Å²) in [6.07, 6.45) is -4.30. The number of ether oxygens (including phenoxy) is 2. The van der Waals surface area contributed by atoms with Crippen LogP contribution in [-0.4, -0.2) is 19.0 Å². The van der Waals surface area contributed by atoms with Crippen LogP contribution in [-0.2, 0) is 6.42 Å². The second-order valence-corrected chi connectivity index (χ2v) is 3.84. The van der Waals surface area contributed by atoms with Gasteiger partial charge in [0.05, 0.1) is 0 Å². The van der Waals surface area contributed by atoms with E-state index in [-0.39, 0.29) is 19.6 Å². The average molecular weight is 247 g/mol. The van der Waals surface area contributed by atoms with Crippen LogP contribution in [0.2, 0.25) is 0 Å². The first-order valence-corrected chi connectivity index (χ1v) is 5.18. The Morgan fingerprint density at radius 1 is 1.29 bits per heavy atom. The topological polar surface area (TPSA) is 44.5 Å². The van der Waals surface area contributed by atoms with Gasteiger partial charge in [-0.15, -0.1) is 0 Å². The van der Waals surface area contributed by atoms with Crippen LogP contribution in [0.3, 0.4) is 0 Å². The molecule has 6 heteroatoms. The van der Waals surface area contributed by atoms with Crippen molar-refractivity contribution >= 4 is 0 Å². The number of halogens is 3. The van der Waals surface area contributed by atoms with Gasteiger partial charge in [-0.05, 0) is 24.5 Å². The summed E-state index contributed by atoms with van der Waals surface area (Å²) < 4.78 is 47.1. The minimum absolute atomic E-state index is 0.109. The van der Waals surface area contributed by atoms with Crippen LogP contribution in [0.4, 0.5) is 13.2 Å². The number of alkyl halides is 3. The van der Waals surface area contributed by atoms with E-state index in [9.17, 15) is 13.2 Å². The summed E-state index contributed by atoms with van der Waals surface area (Å²) in [5.41, 5.74) is 5.74. The first-order valence-electron chi connectivity index (χ1n) is 5.18. The van der Waals surface area contributed by atoms with Gasteiger partial charge in [0.1, 0.15) is 6.04 Å². The number of benzene rings is 1. The largest absolute Gasteiger partial charge is 0.454 e. The first-order chi connectivity index (χ1) is 7.98. The van der Waals surface area contributed by atoms with Gasteiger partial charge in [-0.2, -0.15) is 13.2 Å². The lowest BCUT2D eigenvalue weighted by Gasteiger charge is -2.15. The predicted molar refractivity (Wildman–Crippen MR) is 54.9 cm³/mol. The van der Waals surface area contributed by atoms with Gasteiger partial charge in [0.2, 0.25) is 6.79 Å². The van der Waals surface area contributed by atoms with Crippen LogP contribution < -0.4 is 15.2 Å². The third-order valence-corrected chi connectivity index (χ3v) is 2.62. The summed E-state index contributed by atoms with van der Waals surface area (Å²) in [7, 11) is 0. The lowest BCUT2D eigenvalue weighted by atomic mass is 10.0. The summed E-state index contributed by atoms with van der Waals surface area (Å²) in [5, 5.41) is 0. The van der Waals surface area contributed by atoms with E-state index >= 15 is 0 Å². The molecule has 2 N–H and O–H groups in total. The lowest BCUT2D eigenvalue weighted by molar-refractivity contribution is -0.148. The highest BCUT2D eigenvalue weighted by molar-refractivity contribution is 5.48. The summed E-state index contributed by atoms with van der Waals surface area (Å²) in [5.74, 6) is 1.10. The number of hydrogen-bond donors (Lipinski definition) is 1. The van der Waals surface area contributed by atoms with Crippen molar-refractivity contribution in [3.63, 3.8) is 0 Å².